The highest BCUT2D eigenvalue weighted by atomic mass is 16.1. The van der Waals surface area contributed by atoms with Crippen molar-refractivity contribution in [3.63, 3.8) is 0 Å². The number of para-hydroxylation sites is 1. The highest BCUT2D eigenvalue weighted by Crippen LogP contribution is 2.22. The van der Waals surface area contributed by atoms with Crippen LogP contribution < -0.4 is 10.6 Å². The summed E-state index contributed by atoms with van der Waals surface area (Å²) in [5, 5.41) is 7.16. The van der Waals surface area contributed by atoms with E-state index in [1.165, 1.54) is 23.3 Å². The fraction of sp³-hybridized carbons (Fsp3) is 0.182. The molecule has 29 heavy (non-hydrogen) atoms. The van der Waals surface area contributed by atoms with Gasteiger partial charge in [0.1, 0.15) is 5.82 Å². The molecule has 3 N–H and O–H groups in total. The summed E-state index contributed by atoms with van der Waals surface area (Å²) in [5.74, 6) is 0.869. The molecule has 0 aliphatic carbocycles. The molecule has 0 saturated heterocycles. The smallest absolute Gasteiger partial charge is 0.254 e. The van der Waals surface area contributed by atoms with E-state index in [-0.39, 0.29) is 5.91 Å². The lowest BCUT2D eigenvalue weighted by atomic mass is 10.1. The molecule has 1 aromatic carbocycles. The van der Waals surface area contributed by atoms with Crippen molar-refractivity contribution in [3.05, 3.63) is 77.4 Å². The van der Waals surface area contributed by atoms with Crippen LogP contribution in [0.15, 0.2) is 54.9 Å². The second kappa shape index (κ2) is 8.10. The largest absolute Gasteiger partial charge is 0.358 e. The van der Waals surface area contributed by atoms with E-state index in [0.29, 0.717) is 23.9 Å². The molecule has 0 aliphatic heterocycles. The average molecular weight is 386 g/mol. The van der Waals surface area contributed by atoms with Crippen LogP contribution in [-0.2, 0) is 6.42 Å². The Morgan fingerprint density at radius 1 is 1.03 bits per heavy atom. The second-order valence-corrected chi connectivity index (χ2v) is 6.86. The van der Waals surface area contributed by atoms with Crippen molar-refractivity contribution in [3.8, 4) is 0 Å². The second-order valence-electron chi connectivity index (χ2n) is 6.86. The average Bonchev–Trinajstić information content (AvgIpc) is 3.04. The Morgan fingerprint density at radius 2 is 1.83 bits per heavy atom. The van der Waals surface area contributed by atoms with Crippen molar-refractivity contribution < 1.29 is 4.79 Å². The van der Waals surface area contributed by atoms with Gasteiger partial charge in [-0.1, -0.05) is 24.3 Å². The molecule has 0 aliphatic rings. The number of hydrogen-bond donors (Lipinski definition) is 3. The van der Waals surface area contributed by atoms with Gasteiger partial charge < -0.3 is 15.6 Å². The highest BCUT2D eigenvalue weighted by molar-refractivity contribution is 5.93. The first-order valence-electron chi connectivity index (χ1n) is 9.47. The van der Waals surface area contributed by atoms with E-state index >= 15 is 0 Å². The predicted octanol–water partition coefficient (Wildman–Crippen LogP) is 3.69. The van der Waals surface area contributed by atoms with Crippen molar-refractivity contribution in [2.45, 2.75) is 20.3 Å². The number of aromatic nitrogens is 4. The Balaban J connectivity index is 1.35. The fourth-order valence-corrected chi connectivity index (χ4v) is 3.30. The maximum atomic E-state index is 12.4. The maximum Gasteiger partial charge on any atom is 0.254 e. The molecule has 0 fully saturated rings. The quantitative estimate of drug-likeness (QED) is 0.470. The molecule has 7 heteroatoms. The number of fused-ring (bicyclic) bond motifs is 1. The number of aromatic amines is 1. The molecule has 3 heterocycles. The maximum absolute atomic E-state index is 12.4. The summed E-state index contributed by atoms with van der Waals surface area (Å²) in [5.41, 5.74) is 4.79. The normalized spacial score (nSPS) is 10.8. The third-order valence-corrected chi connectivity index (χ3v) is 4.73. The fourth-order valence-electron chi connectivity index (χ4n) is 3.30. The van der Waals surface area contributed by atoms with Crippen LogP contribution >= 0.6 is 0 Å². The Bertz CT molecular complexity index is 1150. The van der Waals surface area contributed by atoms with Crippen LogP contribution in [0, 0.1) is 13.8 Å². The van der Waals surface area contributed by atoms with Crippen molar-refractivity contribution >= 4 is 28.6 Å². The summed E-state index contributed by atoms with van der Waals surface area (Å²) in [4.78, 5) is 28.6. The van der Waals surface area contributed by atoms with Crippen LogP contribution in [0.2, 0.25) is 0 Å². The Hall–Kier alpha value is -3.74. The van der Waals surface area contributed by atoms with Gasteiger partial charge in [-0.15, -0.1) is 0 Å². The number of amides is 1. The first kappa shape index (κ1) is 18.6. The van der Waals surface area contributed by atoms with Gasteiger partial charge >= 0.3 is 0 Å². The minimum Gasteiger partial charge on any atom is -0.358 e. The molecule has 146 valence electrons. The minimum absolute atomic E-state index is 0.192. The predicted molar refractivity (Wildman–Crippen MR) is 113 cm³/mol. The van der Waals surface area contributed by atoms with Gasteiger partial charge in [0.15, 0.2) is 0 Å². The molecule has 0 bridgehead atoms. The summed E-state index contributed by atoms with van der Waals surface area (Å²) in [6.07, 6.45) is 3.77. The summed E-state index contributed by atoms with van der Waals surface area (Å²) >= 11 is 0. The zero-order chi connectivity index (χ0) is 20.2. The number of rotatable bonds is 6. The van der Waals surface area contributed by atoms with Crippen LogP contribution in [0.4, 0.5) is 11.8 Å². The zero-order valence-corrected chi connectivity index (χ0v) is 16.4. The summed E-state index contributed by atoms with van der Waals surface area (Å²) in [6, 6.07) is 13.8. The molecule has 0 atom stereocenters. The van der Waals surface area contributed by atoms with Crippen LogP contribution in [0.25, 0.3) is 10.9 Å². The molecule has 0 saturated carbocycles. The van der Waals surface area contributed by atoms with Gasteiger partial charge in [-0.3, -0.25) is 4.79 Å². The third-order valence-electron chi connectivity index (χ3n) is 4.73. The van der Waals surface area contributed by atoms with Crippen molar-refractivity contribution in [1.29, 1.82) is 0 Å². The molecule has 4 rings (SSSR count). The lowest BCUT2D eigenvalue weighted by Crippen LogP contribution is -2.26. The molecule has 3 aromatic heterocycles. The standard InChI is InChI=1S/C22H22N6O/c1-14-6-5-9-20(26-14)28-22-24-12-16(13-25-22)21(29)23-11-10-17-15(2)27-19-8-4-3-7-18(17)19/h3-9,12-13,27H,10-11H2,1-2H3,(H,23,29)(H,24,25,26,28). The molecular weight excluding hydrogens is 364 g/mol. The Morgan fingerprint density at radius 3 is 2.62 bits per heavy atom. The number of carbonyl (C=O) groups is 1. The van der Waals surface area contributed by atoms with Gasteiger partial charge in [0.2, 0.25) is 5.95 Å². The van der Waals surface area contributed by atoms with Crippen molar-refractivity contribution in [2.75, 3.05) is 11.9 Å². The summed E-state index contributed by atoms with van der Waals surface area (Å²) in [6.45, 7) is 4.51. The number of H-pyrrole nitrogens is 1. The highest BCUT2D eigenvalue weighted by Gasteiger charge is 2.10. The monoisotopic (exact) mass is 386 g/mol. The van der Waals surface area contributed by atoms with Gasteiger partial charge in [0.05, 0.1) is 5.56 Å². The van der Waals surface area contributed by atoms with Crippen LogP contribution in [-0.4, -0.2) is 32.4 Å². The number of anilines is 2. The van der Waals surface area contributed by atoms with E-state index in [1.54, 1.807) is 0 Å². The van der Waals surface area contributed by atoms with Gasteiger partial charge in [0, 0.05) is 41.2 Å². The number of pyridine rings is 1. The van der Waals surface area contributed by atoms with E-state index in [9.17, 15) is 4.79 Å². The van der Waals surface area contributed by atoms with Gasteiger partial charge in [-0.2, -0.15) is 0 Å². The Kier molecular flexibility index (Phi) is 5.20. The van der Waals surface area contributed by atoms with Crippen molar-refractivity contribution in [2.24, 2.45) is 0 Å². The SMILES string of the molecule is Cc1cccc(Nc2ncc(C(=O)NCCc3c(C)[nH]c4ccccc34)cn2)n1. The van der Waals surface area contributed by atoms with E-state index in [4.69, 9.17) is 0 Å². The summed E-state index contributed by atoms with van der Waals surface area (Å²) < 4.78 is 0. The number of nitrogens with one attached hydrogen (secondary N) is 3. The van der Waals surface area contributed by atoms with E-state index in [0.717, 1.165) is 23.3 Å². The van der Waals surface area contributed by atoms with Gasteiger partial charge in [0.25, 0.3) is 5.91 Å². The molecule has 7 nitrogen and oxygen atoms in total. The number of hydrogen-bond acceptors (Lipinski definition) is 5. The van der Waals surface area contributed by atoms with Crippen LogP contribution in [0.3, 0.4) is 0 Å². The number of aryl methyl sites for hydroxylation is 2. The molecule has 0 unspecified atom stereocenters. The first-order valence-corrected chi connectivity index (χ1v) is 9.47. The zero-order valence-electron chi connectivity index (χ0n) is 16.4. The minimum atomic E-state index is -0.192. The number of benzene rings is 1. The molecule has 4 aromatic rings. The summed E-state index contributed by atoms with van der Waals surface area (Å²) in [7, 11) is 0. The Labute approximate surface area is 168 Å². The molecule has 0 spiro atoms. The van der Waals surface area contributed by atoms with Gasteiger partial charge in [-0.25, -0.2) is 15.0 Å². The lowest BCUT2D eigenvalue weighted by Gasteiger charge is -2.07. The van der Waals surface area contributed by atoms with Crippen molar-refractivity contribution in [1.82, 2.24) is 25.3 Å². The molecular formula is C22H22N6O. The van der Waals surface area contributed by atoms with E-state index in [2.05, 4.69) is 49.6 Å². The number of carbonyl (C=O) groups excluding carboxylic acids is 1. The first-order chi connectivity index (χ1) is 14.1. The van der Waals surface area contributed by atoms with Gasteiger partial charge in [-0.05, 0) is 44.0 Å². The van der Waals surface area contributed by atoms with E-state index < -0.39 is 0 Å². The lowest BCUT2D eigenvalue weighted by molar-refractivity contribution is 0.0953. The van der Waals surface area contributed by atoms with Crippen LogP contribution in [0.1, 0.15) is 27.3 Å². The molecule has 0 radical (unpaired) electrons. The number of nitrogens with zero attached hydrogens (tertiary/aromatic N) is 3. The third kappa shape index (κ3) is 4.24. The van der Waals surface area contributed by atoms with Crippen LogP contribution in [0.5, 0.6) is 0 Å². The van der Waals surface area contributed by atoms with E-state index in [1.807, 2.05) is 37.3 Å². The topological polar surface area (TPSA) is 95.6 Å². The molecule has 1 amide bonds.